The molecule has 0 unspecified atom stereocenters. The van der Waals surface area contributed by atoms with Crippen LogP contribution in [0.2, 0.25) is 0 Å². The molecule has 0 radical (unpaired) electrons. The van der Waals surface area contributed by atoms with Crippen molar-refractivity contribution in [2.45, 2.75) is 26.8 Å². The third-order valence-electron chi connectivity index (χ3n) is 5.56. The van der Waals surface area contributed by atoms with Crippen LogP contribution in [-0.4, -0.2) is 9.55 Å². The lowest BCUT2D eigenvalue weighted by atomic mass is 10.1. The maximum atomic E-state index is 14.7. The van der Waals surface area contributed by atoms with Gasteiger partial charge >= 0.3 is 5.63 Å². The largest absolute Gasteiger partial charge is 0.402 e. The van der Waals surface area contributed by atoms with Gasteiger partial charge < -0.3 is 8.98 Å². The Hall–Kier alpha value is -3.47. The highest BCUT2D eigenvalue weighted by Gasteiger charge is 2.20. The van der Waals surface area contributed by atoms with Crippen LogP contribution in [0.4, 0.5) is 4.39 Å². The first kappa shape index (κ1) is 17.6. The van der Waals surface area contributed by atoms with Gasteiger partial charge in [-0.2, -0.15) is 0 Å². The molecule has 0 aliphatic carbocycles. The fourth-order valence-corrected chi connectivity index (χ4v) is 4.07. The van der Waals surface area contributed by atoms with Crippen molar-refractivity contribution in [1.29, 1.82) is 0 Å². The molecule has 5 heteroatoms. The SMILES string of the molecule is CCc1ccc2c(c1)c1c3cccnc3oc(=O)c1n2Cc1cccc(C)c1F. The van der Waals surface area contributed by atoms with E-state index in [0.717, 1.165) is 28.1 Å². The molecule has 0 fully saturated rings. The summed E-state index contributed by atoms with van der Waals surface area (Å²) in [6.07, 6.45) is 2.49. The Bertz CT molecular complexity index is 1460. The minimum Gasteiger partial charge on any atom is -0.402 e. The molecule has 0 atom stereocenters. The van der Waals surface area contributed by atoms with E-state index in [4.69, 9.17) is 4.42 Å². The van der Waals surface area contributed by atoms with Gasteiger partial charge in [0.25, 0.3) is 0 Å². The molecular weight excluding hydrogens is 367 g/mol. The summed E-state index contributed by atoms with van der Waals surface area (Å²) in [6, 6.07) is 15.2. The second-order valence-corrected chi connectivity index (χ2v) is 7.31. The zero-order valence-corrected chi connectivity index (χ0v) is 16.2. The summed E-state index contributed by atoms with van der Waals surface area (Å²) in [7, 11) is 0. The van der Waals surface area contributed by atoms with Crippen LogP contribution in [0, 0.1) is 12.7 Å². The number of aryl methyl sites for hydroxylation is 2. The van der Waals surface area contributed by atoms with E-state index in [9.17, 15) is 9.18 Å². The van der Waals surface area contributed by atoms with Crippen LogP contribution in [-0.2, 0) is 13.0 Å². The van der Waals surface area contributed by atoms with Crippen molar-refractivity contribution in [3.05, 3.63) is 87.7 Å². The maximum Gasteiger partial charge on any atom is 0.362 e. The number of nitrogens with zero attached hydrogens (tertiary/aromatic N) is 2. The lowest BCUT2D eigenvalue weighted by Crippen LogP contribution is -2.10. The first-order valence-corrected chi connectivity index (χ1v) is 9.65. The average molecular weight is 386 g/mol. The normalized spacial score (nSPS) is 11.7. The van der Waals surface area contributed by atoms with Crippen LogP contribution in [0.15, 0.2) is 63.9 Å². The zero-order valence-electron chi connectivity index (χ0n) is 16.2. The molecule has 0 spiro atoms. The van der Waals surface area contributed by atoms with Gasteiger partial charge in [0, 0.05) is 33.4 Å². The van der Waals surface area contributed by atoms with Crippen molar-refractivity contribution in [3.63, 3.8) is 0 Å². The average Bonchev–Trinajstić information content (AvgIpc) is 3.06. The van der Waals surface area contributed by atoms with Crippen molar-refractivity contribution in [2.75, 3.05) is 0 Å². The van der Waals surface area contributed by atoms with Gasteiger partial charge in [-0.1, -0.05) is 31.2 Å². The van der Waals surface area contributed by atoms with Crippen molar-refractivity contribution < 1.29 is 8.81 Å². The van der Waals surface area contributed by atoms with Crippen molar-refractivity contribution in [3.8, 4) is 0 Å². The van der Waals surface area contributed by atoms with Gasteiger partial charge in [-0.3, -0.25) is 0 Å². The second-order valence-electron chi connectivity index (χ2n) is 7.31. The van der Waals surface area contributed by atoms with E-state index in [1.54, 1.807) is 25.3 Å². The van der Waals surface area contributed by atoms with Crippen LogP contribution < -0.4 is 5.63 Å². The standard InChI is InChI=1S/C24H19FN2O2/c1-3-15-9-10-19-18(12-15)20-17-8-5-11-26-23(17)29-24(28)22(20)27(19)13-16-7-4-6-14(2)21(16)25/h4-12H,3,13H2,1-2H3. The van der Waals surface area contributed by atoms with Gasteiger partial charge in [0.15, 0.2) is 0 Å². The smallest absolute Gasteiger partial charge is 0.362 e. The van der Waals surface area contributed by atoms with Gasteiger partial charge in [-0.05, 0) is 48.7 Å². The molecule has 0 aliphatic rings. The van der Waals surface area contributed by atoms with Gasteiger partial charge in [0.05, 0.1) is 6.54 Å². The highest BCUT2D eigenvalue weighted by atomic mass is 19.1. The highest BCUT2D eigenvalue weighted by molar-refractivity contribution is 6.18. The zero-order chi connectivity index (χ0) is 20.1. The predicted molar refractivity (Wildman–Crippen MR) is 113 cm³/mol. The van der Waals surface area contributed by atoms with Gasteiger partial charge in [0.1, 0.15) is 11.3 Å². The number of pyridine rings is 1. The second kappa shape index (κ2) is 6.55. The molecule has 0 aliphatic heterocycles. The summed E-state index contributed by atoms with van der Waals surface area (Å²) in [5.74, 6) is -0.250. The van der Waals surface area contributed by atoms with E-state index in [0.29, 0.717) is 22.4 Å². The lowest BCUT2D eigenvalue weighted by molar-refractivity contribution is 0.552. The molecule has 29 heavy (non-hydrogen) atoms. The van der Waals surface area contributed by atoms with E-state index in [1.807, 2.05) is 34.9 Å². The molecule has 3 aromatic heterocycles. The summed E-state index contributed by atoms with van der Waals surface area (Å²) in [4.78, 5) is 17.2. The molecule has 144 valence electrons. The molecule has 2 aromatic carbocycles. The van der Waals surface area contributed by atoms with Crippen LogP contribution in [0.25, 0.3) is 32.9 Å². The molecule has 0 saturated heterocycles. The highest BCUT2D eigenvalue weighted by Crippen LogP contribution is 2.34. The Morgan fingerprint density at radius 2 is 1.97 bits per heavy atom. The van der Waals surface area contributed by atoms with Crippen molar-refractivity contribution >= 4 is 32.9 Å². The quantitative estimate of drug-likeness (QED) is 0.420. The number of hydrogen-bond donors (Lipinski definition) is 0. The number of fused-ring (bicyclic) bond motifs is 5. The number of benzene rings is 2. The first-order chi connectivity index (χ1) is 14.1. The molecule has 5 aromatic rings. The third-order valence-corrected chi connectivity index (χ3v) is 5.56. The molecule has 0 saturated carbocycles. The third kappa shape index (κ3) is 2.65. The molecule has 3 heterocycles. The molecule has 0 amide bonds. The minimum absolute atomic E-state index is 0.246. The van der Waals surface area contributed by atoms with E-state index in [-0.39, 0.29) is 12.4 Å². The van der Waals surface area contributed by atoms with Crippen LogP contribution in [0.1, 0.15) is 23.6 Å². The van der Waals surface area contributed by atoms with Crippen molar-refractivity contribution in [1.82, 2.24) is 9.55 Å². The predicted octanol–water partition coefficient (Wildman–Crippen LogP) is 5.35. The monoisotopic (exact) mass is 386 g/mol. The first-order valence-electron chi connectivity index (χ1n) is 9.65. The Labute approximate surface area is 166 Å². The van der Waals surface area contributed by atoms with Crippen LogP contribution in [0.5, 0.6) is 0 Å². The van der Waals surface area contributed by atoms with E-state index in [2.05, 4.69) is 18.0 Å². The van der Waals surface area contributed by atoms with Gasteiger partial charge in [-0.25, -0.2) is 14.2 Å². The Kier molecular flexibility index (Phi) is 3.98. The fraction of sp³-hybridized carbons (Fsp3) is 0.167. The Morgan fingerprint density at radius 3 is 2.79 bits per heavy atom. The summed E-state index contributed by atoms with van der Waals surface area (Å²) >= 11 is 0. The molecule has 5 rings (SSSR count). The number of halogens is 1. The summed E-state index contributed by atoms with van der Waals surface area (Å²) in [5, 5.41) is 2.55. The number of hydrogen-bond acceptors (Lipinski definition) is 3. The number of aromatic nitrogens is 2. The number of rotatable bonds is 3. The molecular formula is C24H19FN2O2. The lowest BCUT2D eigenvalue weighted by Gasteiger charge is -2.10. The van der Waals surface area contributed by atoms with E-state index < -0.39 is 5.63 Å². The van der Waals surface area contributed by atoms with Gasteiger partial charge in [0.2, 0.25) is 5.71 Å². The van der Waals surface area contributed by atoms with E-state index in [1.165, 1.54) is 5.56 Å². The fourth-order valence-electron chi connectivity index (χ4n) is 4.07. The van der Waals surface area contributed by atoms with Crippen LogP contribution in [0.3, 0.4) is 0 Å². The molecule has 0 N–H and O–H groups in total. The van der Waals surface area contributed by atoms with Crippen LogP contribution >= 0.6 is 0 Å². The van der Waals surface area contributed by atoms with E-state index >= 15 is 0 Å². The Balaban J connectivity index is 1.93. The molecule has 4 nitrogen and oxygen atoms in total. The molecule has 0 bridgehead atoms. The topological polar surface area (TPSA) is 48.0 Å². The summed E-state index contributed by atoms with van der Waals surface area (Å²) in [5.41, 5.74) is 3.45. The van der Waals surface area contributed by atoms with Crippen molar-refractivity contribution in [2.24, 2.45) is 0 Å². The summed E-state index contributed by atoms with van der Waals surface area (Å²) in [6.45, 7) is 4.08. The minimum atomic E-state index is -0.464. The Morgan fingerprint density at radius 1 is 1.10 bits per heavy atom. The van der Waals surface area contributed by atoms with Gasteiger partial charge in [-0.15, -0.1) is 0 Å². The maximum absolute atomic E-state index is 14.7. The summed E-state index contributed by atoms with van der Waals surface area (Å²) < 4.78 is 22.1.